The van der Waals surface area contributed by atoms with Gasteiger partial charge in [0.15, 0.2) is 0 Å². The maximum atomic E-state index is 11.1. The van der Waals surface area contributed by atoms with Gasteiger partial charge in [0.2, 0.25) is 0 Å². The van der Waals surface area contributed by atoms with Crippen LogP contribution >= 0.6 is 15.9 Å². The molecule has 0 atom stereocenters. The third-order valence-corrected chi connectivity index (χ3v) is 2.70. The molecule has 86 valence electrons. The van der Waals surface area contributed by atoms with Gasteiger partial charge in [0, 0.05) is 11.4 Å². The predicted octanol–water partition coefficient (Wildman–Crippen LogP) is 2.65. The van der Waals surface area contributed by atoms with Crippen molar-refractivity contribution in [2.24, 2.45) is 0 Å². The third kappa shape index (κ3) is 3.38. The largest absolute Gasteiger partial charge is 0.497 e. The van der Waals surface area contributed by atoms with Crippen molar-refractivity contribution in [3.8, 4) is 5.75 Å². The van der Waals surface area contributed by atoms with E-state index in [1.165, 1.54) is 13.2 Å². The van der Waals surface area contributed by atoms with Crippen LogP contribution in [-0.2, 0) is 9.53 Å². The van der Waals surface area contributed by atoms with Crippen LogP contribution in [-0.4, -0.2) is 25.5 Å². The molecule has 1 aromatic rings. The highest BCUT2D eigenvalue weighted by atomic mass is 79.9. The van der Waals surface area contributed by atoms with E-state index >= 15 is 0 Å². The first kappa shape index (κ1) is 12.8. The van der Waals surface area contributed by atoms with Crippen LogP contribution in [0.4, 0.5) is 0 Å². The van der Waals surface area contributed by atoms with Gasteiger partial charge < -0.3 is 9.47 Å². The number of methoxy groups -OCH3 is 2. The monoisotopic (exact) mass is 284 g/mol. The predicted molar refractivity (Wildman–Crippen MR) is 66.8 cm³/mol. The molecule has 0 aliphatic rings. The lowest BCUT2D eigenvalue weighted by atomic mass is 10.1. The molecule has 4 heteroatoms. The molecule has 1 rings (SSSR count). The summed E-state index contributed by atoms with van der Waals surface area (Å²) in [6.07, 6.45) is 1.47. The fourth-order valence-electron chi connectivity index (χ4n) is 1.21. The van der Waals surface area contributed by atoms with Crippen LogP contribution in [0.15, 0.2) is 30.3 Å². The highest BCUT2D eigenvalue weighted by Gasteiger charge is 2.04. The van der Waals surface area contributed by atoms with Gasteiger partial charge in [-0.25, -0.2) is 4.79 Å². The Bertz CT molecular complexity index is 382. The van der Waals surface area contributed by atoms with E-state index in [1.54, 1.807) is 7.11 Å². The van der Waals surface area contributed by atoms with E-state index in [2.05, 4.69) is 20.7 Å². The molecule has 0 saturated heterocycles. The number of esters is 1. The van der Waals surface area contributed by atoms with Gasteiger partial charge in [-0.1, -0.05) is 28.1 Å². The van der Waals surface area contributed by atoms with Crippen molar-refractivity contribution in [2.45, 2.75) is 0 Å². The van der Waals surface area contributed by atoms with Crippen LogP contribution in [0.1, 0.15) is 5.56 Å². The summed E-state index contributed by atoms with van der Waals surface area (Å²) in [4.78, 5) is 11.1. The van der Waals surface area contributed by atoms with Crippen molar-refractivity contribution in [2.75, 3.05) is 19.5 Å². The molecule has 0 N–H and O–H groups in total. The Kier molecular flexibility index (Phi) is 5.05. The lowest BCUT2D eigenvalue weighted by molar-refractivity contribution is -0.134. The molecular formula is C12H13BrO3. The molecule has 16 heavy (non-hydrogen) atoms. The summed E-state index contributed by atoms with van der Waals surface area (Å²) in [5.41, 5.74) is 1.83. The van der Waals surface area contributed by atoms with Gasteiger partial charge in [-0.15, -0.1) is 0 Å². The van der Waals surface area contributed by atoms with Gasteiger partial charge in [0.1, 0.15) is 5.75 Å². The van der Waals surface area contributed by atoms with Crippen molar-refractivity contribution >= 4 is 27.5 Å². The van der Waals surface area contributed by atoms with Crippen molar-refractivity contribution in [1.82, 2.24) is 0 Å². The summed E-state index contributed by atoms with van der Waals surface area (Å²) < 4.78 is 9.65. The molecule has 0 spiro atoms. The van der Waals surface area contributed by atoms with Crippen LogP contribution in [0.2, 0.25) is 0 Å². The number of rotatable bonds is 4. The average Bonchev–Trinajstić information content (AvgIpc) is 2.35. The summed E-state index contributed by atoms with van der Waals surface area (Å²) >= 11 is 3.34. The quantitative estimate of drug-likeness (QED) is 0.484. The topological polar surface area (TPSA) is 35.5 Å². The standard InChI is InChI=1S/C12H13BrO3/c1-15-11-5-3-9(4-6-11)10(8-13)7-12(14)16-2/h3-7H,8H2,1-2H3/b10-7-. The van der Waals surface area contributed by atoms with Crippen molar-refractivity contribution in [3.05, 3.63) is 35.9 Å². The van der Waals surface area contributed by atoms with E-state index in [4.69, 9.17) is 4.74 Å². The molecule has 3 nitrogen and oxygen atoms in total. The maximum Gasteiger partial charge on any atom is 0.330 e. The maximum absolute atomic E-state index is 11.1. The van der Waals surface area contributed by atoms with Crippen LogP contribution in [0.5, 0.6) is 5.75 Å². The zero-order chi connectivity index (χ0) is 12.0. The summed E-state index contributed by atoms with van der Waals surface area (Å²) in [7, 11) is 2.98. The third-order valence-electron chi connectivity index (χ3n) is 2.10. The fraction of sp³-hybridized carbons (Fsp3) is 0.250. The molecule has 0 bridgehead atoms. The molecule has 0 aromatic heterocycles. The first-order valence-electron chi connectivity index (χ1n) is 4.70. The lowest BCUT2D eigenvalue weighted by Crippen LogP contribution is -1.98. The molecular weight excluding hydrogens is 272 g/mol. The summed E-state index contributed by atoms with van der Waals surface area (Å²) in [5, 5.41) is 0.592. The molecule has 0 aliphatic carbocycles. The minimum absolute atomic E-state index is 0.356. The smallest absolute Gasteiger partial charge is 0.330 e. The normalized spacial score (nSPS) is 11.1. The Hall–Kier alpha value is -1.29. The molecule has 0 amide bonds. The number of hydrogen-bond acceptors (Lipinski definition) is 3. The number of benzene rings is 1. The summed E-state index contributed by atoms with van der Waals surface area (Å²) in [6.45, 7) is 0. The highest BCUT2D eigenvalue weighted by Crippen LogP contribution is 2.20. The van der Waals surface area contributed by atoms with E-state index < -0.39 is 0 Å². The van der Waals surface area contributed by atoms with E-state index in [-0.39, 0.29) is 5.97 Å². The number of ether oxygens (including phenoxy) is 2. The number of carbonyl (C=O) groups is 1. The average molecular weight is 285 g/mol. The highest BCUT2D eigenvalue weighted by molar-refractivity contribution is 9.09. The molecule has 0 heterocycles. The minimum Gasteiger partial charge on any atom is -0.497 e. The molecule has 0 fully saturated rings. The van der Waals surface area contributed by atoms with Gasteiger partial charge in [0.05, 0.1) is 14.2 Å². The Morgan fingerprint density at radius 2 is 1.94 bits per heavy atom. The fourth-order valence-corrected chi connectivity index (χ4v) is 1.69. The van der Waals surface area contributed by atoms with Gasteiger partial charge in [-0.2, -0.15) is 0 Å². The number of allylic oxidation sites excluding steroid dienone is 1. The molecule has 0 aliphatic heterocycles. The van der Waals surface area contributed by atoms with Crippen molar-refractivity contribution < 1.29 is 14.3 Å². The van der Waals surface area contributed by atoms with Crippen LogP contribution in [0.25, 0.3) is 5.57 Å². The Morgan fingerprint density at radius 3 is 2.38 bits per heavy atom. The van der Waals surface area contributed by atoms with Crippen LogP contribution in [0.3, 0.4) is 0 Å². The van der Waals surface area contributed by atoms with E-state index in [1.807, 2.05) is 24.3 Å². The first-order chi connectivity index (χ1) is 7.71. The second-order valence-electron chi connectivity index (χ2n) is 3.05. The second kappa shape index (κ2) is 6.33. The number of alkyl halides is 1. The summed E-state index contributed by atoms with van der Waals surface area (Å²) in [6, 6.07) is 7.50. The van der Waals surface area contributed by atoms with Crippen LogP contribution in [0, 0.1) is 0 Å². The Balaban J connectivity index is 2.95. The molecule has 1 aromatic carbocycles. The second-order valence-corrected chi connectivity index (χ2v) is 3.62. The number of hydrogen-bond donors (Lipinski definition) is 0. The van der Waals surface area contributed by atoms with Crippen molar-refractivity contribution in [1.29, 1.82) is 0 Å². The Morgan fingerprint density at radius 1 is 1.31 bits per heavy atom. The van der Waals surface area contributed by atoms with E-state index in [0.717, 1.165) is 16.9 Å². The van der Waals surface area contributed by atoms with Gasteiger partial charge >= 0.3 is 5.97 Å². The van der Waals surface area contributed by atoms with Gasteiger partial charge in [-0.3, -0.25) is 0 Å². The number of carbonyl (C=O) groups excluding carboxylic acids is 1. The summed E-state index contributed by atoms with van der Waals surface area (Å²) in [5.74, 6) is 0.431. The van der Waals surface area contributed by atoms with Crippen molar-refractivity contribution in [3.63, 3.8) is 0 Å². The van der Waals surface area contributed by atoms with Crippen LogP contribution < -0.4 is 4.74 Å². The molecule has 0 saturated carbocycles. The first-order valence-corrected chi connectivity index (χ1v) is 5.82. The zero-order valence-corrected chi connectivity index (χ0v) is 10.8. The number of halogens is 1. The lowest BCUT2D eigenvalue weighted by Gasteiger charge is -2.05. The van der Waals surface area contributed by atoms with Gasteiger partial charge in [-0.05, 0) is 23.3 Å². The molecule has 0 unspecified atom stereocenters. The zero-order valence-electron chi connectivity index (χ0n) is 9.20. The molecule has 0 radical (unpaired) electrons. The van der Waals surface area contributed by atoms with E-state index in [0.29, 0.717) is 5.33 Å². The van der Waals surface area contributed by atoms with E-state index in [9.17, 15) is 4.79 Å². The SMILES string of the molecule is COC(=O)/C=C(/CBr)c1ccc(OC)cc1. The minimum atomic E-state index is -0.356. The van der Waals surface area contributed by atoms with Gasteiger partial charge in [0.25, 0.3) is 0 Å². The Labute approximate surface area is 103 Å².